The molecule has 0 saturated carbocycles. The van der Waals surface area contributed by atoms with Crippen LogP contribution in [0.3, 0.4) is 0 Å². The van der Waals surface area contributed by atoms with E-state index >= 15 is 0 Å². The third-order valence-electron chi connectivity index (χ3n) is 2.00. The van der Waals surface area contributed by atoms with E-state index in [9.17, 15) is 13.2 Å². The van der Waals surface area contributed by atoms with Gasteiger partial charge in [-0.1, -0.05) is 6.07 Å². The van der Waals surface area contributed by atoms with E-state index < -0.39 is 21.9 Å². The summed E-state index contributed by atoms with van der Waals surface area (Å²) in [6.45, 7) is 1.58. The maximum Gasteiger partial charge on any atom is 0.223 e. The summed E-state index contributed by atoms with van der Waals surface area (Å²) < 4.78 is 21.4. The summed E-state index contributed by atoms with van der Waals surface area (Å²) in [6.07, 6.45) is 1.52. The molecule has 1 unspecified atom stereocenters. The van der Waals surface area contributed by atoms with Gasteiger partial charge in [-0.3, -0.25) is 9.78 Å². The standard InChI is InChI=1S/C9H12N2O3S/c1-6(15(13)14)7-2-3-8(11-5-7)4-9(10)12/h2-3,5-6,15H,4H2,1H3,(H2,10,12). The van der Waals surface area contributed by atoms with Crippen LogP contribution in [0.5, 0.6) is 0 Å². The third kappa shape index (κ3) is 3.32. The summed E-state index contributed by atoms with van der Waals surface area (Å²) in [5.41, 5.74) is 6.15. The summed E-state index contributed by atoms with van der Waals surface area (Å²) in [5, 5.41) is -0.560. The fourth-order valence-corrected chi connectivity index (χ4v) is 1.48. The van der Waals surface area contributed by atoms with Gasteiger partial charge in [0.05, 0.1) is 11.7 Å². The van der Waals surface area contributed by atoms with Gasteiger partial charge in [-0.25, -0.2) is 8.42 Å². The van der Waals surface area contributed by atoms with Crippen LogP contribution in [0.1, 0.15) is 23.4 Å². The summed E-state index contributed by atoms with van der Waals surface area (Å²) in [5.74, 6) is -0.460. The lowest BCUT2D eigenvalue weighted by Gasteiger charge is -2.04. The van der Waals surface area contributed by atoms with Gasteiger partial charge in [0.2, 0.25) is 5.91 Å². The van der Waals surface area contributed by atoms with Gasteiger partial charge in [0.25, 0.3) is 0 Å². The third-order valence-corrected chi connectivity index (χ3v) is 2.93. The highest BCUT2D eigenvalue weighted by Gasteiger charge is 2.08. The molecular formula is C9H12N2O3S. The number of aromatic nitrogens is 1. The van der Waals surface area contributed by atoms with Gasteiger partial charge in [-0.05, 0) is 18.6 Å². The van der Waals surface area contributed by atoms with Gasteiger partial charge in [0.1, 0.15) is 10.7 Å². The molecule has 0 fully saturated rings. The Labute approximate surface area is 89.3 Å². The lowest BCUT2D eigenvalue weighted by molar-refractivity contribution is -0.117. The minimum absolute atomic E-state index is 0.0676. The minimum Gasteiger partial charge on any atom is -0.369 e. The molecule has 0 aliphatic carbocycles. The number of pyridine rings is 1. The highest BCUT2D eigenvalue weighted by molar-refractivity contribution is 7.72. The van der Waals surface area contributed by atoms with Crippen molar-refractivity contribution in [3.05, 3.63) is 29.6 Å². The van der Waals surface area contributed by atoms with E-state index in [1.807, 2.05) is 0 Å². The largest absolute Gasteiger partial charge is 0.369 e. The monoisotopic (exact) mass is 228 g/mol. The van der Waals surface area contributed by atoms with Crippen LogP contribution in [0.4, 0.5) is 0 Å². The Morgan fingerprint density at radius 1 is 1.53 bits per heavy atom. The van der Waals surface area contributed by atoms with Crippen LogP contribution < -0.4 is 5.73 Å². The van der Waals surface area contributed by atoms with Gasteiger partial charge in [-0.2, -0.15) is 0 Å². The van der Waals surface area contributed by atoms with Crippen molar-refractivity contribution in [2.45, 2.75) is 18.6 Å². The van der Waals surface area contributed by atoms with Gasteiger partial charge in [0.15, 0.2) is 0 Å². The Bertz CT molecular complexity index is 417. The summed E-state index contributed by atoms with van der Waals surface area (Å²) in [7, 11) is -2.50. The number of hydrogen-bond donors (Lipinski definition) is 2. The molecular weight excluding hydrogens is 216 g/mol. The second-order valence-corrected chi connectivity index (χ2v) is 4.53. The van der Waals surface area contributed by atoms with Crippen molar-refractivity contribution >= 4 is 16.6 Å². The second-order valence-electron chi connectivity index (χ2n) is 3.19. The average Bonchev–Trinajstić information content (AvgIpc) is 2.17. The molecule has 1 heterocycles. The average molecular weight is 228 g/mol. The molecule has 0 radical (unpaired) electrons. The summed E-state index contributed by atoms with van der Waals surface area (Å²) >= 11 is 0. The van der Waals surface area contributed by atoms with Crippen LogP contribution in [-0.2, 0) is 21.9 Å². The van der Waals surface area contributed by atoms with Crippen molar-refractivity contribution in [3.8, 4) is 0 Å². The fraction of sp³-hybridized carbons (Fsp3) is 0.333. The lowest BCUT2D eigenvalue weighted by Crippen LogP contribution is -2.14. The van der Waals surface area contributed by atoms with Crippen LogP contribution in [0.2, 0.25) is 0 Å². The highest BCUT2D eigenvalue weighted by atomic mass is 32.2. The minimum atomic E-state index is -2.50. The first-order valence-corrected chi connectivity index (χ1v) is 5.62. The number of nitrogens with zero attached hydrogens (tertiary/aromatic N) is 1. The molecule has 0 bridgehead atoms. The molecule has 15 heavy (non-hydrogen) atoms. The number of amides is 1. The number of carbonyl (C=O) groups excluding carboxylic acids is 1. The molecule has 6 heteroatoms. The molecule has 1 aromatic heterocycles. The van der Waals surface area contributed by atoms with Crippen LogP contribution in [0, 0.1) is 0 Å². The smallest absolute Gasteiger partial charge is 0.223 e. The van der Waals surface area contributed by atoms with Crippen LogP contribution in [0.15, 0.2) is 18.3 Å². The van der Waals surface area contributed by atoms with Crippen molar-refractivity contribution in [2.75, 3.05) is 0 Å². The van der Waals surface area contributed by atoms with E-state index in [1.54, 1.807) is 19.1 Å². The van der Waals surface area contributed by atoms with Crippen LogP contribution in [0.25, 0.3) is 0 Å². The van der Waals surface area contributed by atoms with Crippen LogP contribution in [-0.4, -0.2) is 19.3 Å². The molecule has 0 aliphatic heterocycles. The van der Waals surface area contributed by atoms with Crippen molar-refractivity contribution in [1.29, 1.82) is 0 Å². The van der Waals surface area contributed by atoms with Gasteiger partial charge < -0.3 is 5.73 Å². The Hall–Kier alpha value is -1.43. The molecule has 1 amide bonds. The van der Waals surface area contributed by atoms with Crippen molar-refractivity contribution in [3.63, 3.8) is 0 Å². The number of hydrogen-bond acceptors (Lipinski definition) is 4. The quantitative estimate of drug-likeness (QED) is 0.697. The normalized spacial score (nSPS) is 12.7. The van der Waals surface area contributed by atoms with Gasteiger partial charge in [0, 0.05) is 11.9 Å². The molecule has 1 atom stereocenters. The van der Waals surface area contributed by atoms with E-state index in [0.29, 0.717) is 11.3 Å². The summed E-state index contributed by atoms with van der Waals surface area (Å²) in [6, 6.07) is 3.25. The zero-order chi connectivity index (χ0) is 11.4. The Balaban J connectivity index is 2.85. The first kappa shape index (κ1) is 11.6. The summed E-state index contributed by atoms with van der Waals surface area (Å²) in [4.78, 5) is 14.5. The molecule has 0 aliphatic rings. The van der Waals surface area contributed by atoms with Crippen molar-refractivity contribution in [2.24, 2.45) is 5.73 Å². The van der Waals surface area contributed by atoms with Crippen molar-refractivity contribution in [1.82, 2.24) is 4.98 Å². The van der Waals surface area contributed by atoms with E-state index in [4.69, 9.17) is 5.73 Å². The SMILES string of the molecule is CC(c1ccc(CC(N)=O)nc1)[SH](=O)=O. The molecule has 0 aromatic carbocycles. The topological polar surface area (TPSA) is 90.1 Å². The Kier molecular flexibility index (Phi) is 3.79. The zero-order valence-electron chi connectivity index (χ0n) is 8.21. The van der Waals surface area contributed by atoms with Crippen LogP contribution >= 0.6 is 0 Å². The number of carbonyl (C=O) groups is 1. The molecule has 2 N–H and O–H groups in total. The lowest BCUT2D eigenvalue weighted by atomic mass is 10.2. The number of nitrogens with two attached hydrogens (primary N) is 1. The molecule has 0 spiro atoms. The maximum atomic E-state index is 10.7. The Morgan fingerprint density at radius 2 is 2.20 bits per heavy atom. The van der Waals surface area contributed by atoms with E-state index in [-0.39, 0.29) is 6.42 Å². The first-order valence-electron chi connectivity index (χ1n) is 4.37. The number of primary amides is 1. The van der Waals surface area contributed by atoms with Gasteiger partial charge in [-0.15, -0.1) is 0 Å². The van der Waals surface area contributed by atoms with E-state index in [1.165, 1.54) is 6.20 Å². The first-order chi connectivity index (χ1) is 7.00. The number of thiol groups is 1. The molecule has 82 valence electrons. The van der Waals surface area contributed by atoms with E-state index in [0.717, 1.165) is 0 Å². The molecule has 1 rings (SSSR count). The van der Waals surface area contributed by atoms with E-state index in [2.05, 4.69) is 4.98 Å². The van der Waals surface area contributed by atoms with Gasteiger partial charge >= 0.3 is 0 Å². The molecule has 0 saturated heterocycles. The molecule has 1 aromatic rings. The zero-order valence-corrected chi connectivity index (χ0v) is 9.11. The molecule has 5 nitrogen and oxygen atoms in total. The number of rotatable bonds is 4. The Morgan fingerprint density at radius 3 is 2.60 bits per heavy atom. The maximum absolute atomic E-state index is 10.7. The fourth-order valence-electron chi connectivity index (χ4n) is 1.09. The second kappa shape index (κ2) is 4.88. The predicted octanol–water partition coefficient (Wildman–Crippen LogP) is -0.218. The highest BCUT2D eigenvalue weighted by Crippen LogP contribution is 2.14. The predicted molar refractivity (Wildman–Crippen MR) is 55.9 cm³/mol. The van der Waals surface area contributed by atoms with Crippen molar-refractivity contribution < 1.29 is 13.2 Å².